The van der Waals surface area contributed by atoms with Crippen LogP contribution in [0.4, 0.5) is 0 Å². The molecule has 5 rings (SSSR count). The van der Waals surface area contributed by atoms with Crippen LogP contribution < -0.4 is 4.74 Å². The first-order chi connectivity index (χ1) is 17.0. The monoisotopic (exact) mass is 481 g/mol. The van der Waals surface area contributed by atoms with Crippen LogP contribution in [0, 0.1) is 12.8 Å². The highest BCUT2D eigenvalue weighted by atomic mass is 32.1. The highest BCUT2D eigenvalue weighted by Gasteiger charge is 2.28. The third-order valence-corrected chi connectivity index (χ3v) is 7.55. The van der Waals surface area contributed by atoms with Crippen molar-refractivity contribution in [1.82, 2.24) is 4.98 Å². The van der Waals surface area contributed by atoms with Crippen LogP contribution in [0.2, 0.25) is 0 Å². The molecule has 176 valence electrons. The zero-order chi connectivity index (χ0) is 24.4. The van der Waals surface area contributed by atoms with Gasteiger partial charge in [0.05, 0.1) is 22.8 Å². The molecule has 1 fully saturated rings. The van der Waals surface area contributed by atoms with E-state index in [0.717, 1.165) is 28.0 Å². The Hall–Kier alpha value is -3.70. The van der Waals surface area contributed by atoms with Gasteiger partial charge < -0.3 is 9.84 Å². The molecule has 0 radical (unpaired) electrons. The van der Waals surface area contributed by atoms with Crippen molar-refractivity contribution in [1.29, 1.82) is 0 Å². The summed E-state index contributed by atoms with van der Waals surface area (Å²) in [5.74, 6) is 0.391. The molecule has 0 bridgehead atoms. The van der Waals surface area contributed by atoms with Crippen LogP contribution in [0.15, 0.2) is 72.3 Å². The Kier molecular flexibility index (Phi) is 6.51. The maximum Gasteiger partial charge on any atom is 0.328 e. The van der Waals surface area contributed by atoms with Crippen molar-refractivity contribution in [3.63, 3.8) is 0 Å². The second-order valence-electron chi connectivity index (χ2n) is 8.93. The van der Waals surface area contributed by atoms with Gasteiger partial charge in [-0.3, -0.25) is 0 Å². The van der Waals surface area contributed by atoms with Gasteiger partial charge in [0.1, 0.15) is 5.75 Å². The average molecular weight is 482 g/mol. The minimum atomic E-state index is -0.950. The number of hydrogen-bond acceptors (Lipinski definition) is 4. The van der Waals surface area contributed by atoms with Gasteiger partial charge in [0.2, 0.25) is 0 Å². The van der Waals surface area contributed by atoms with E-state index in [1.807, 2.05) is 23.7 Å². The first-order valence-electron chi connectivity index (χ1n) is 11.8. The number of allylic oxidation sites excluding steroid dienone is 1. The molecule has 1 aromatic heterocycles. The number of methoxy groups -OCH3 is 1. The Balaban J connectivity index is 1.74. The lowest BCUT2D eigenvalue weighted by Gasteiger charge is -2.32. The summed E-state index contributed by atoms with van der Waals surface area (Å²) in [6, 6.07) is 21.0. The number of nitrogens with zero attached hydrogens (tertiary/aromatic N) is 1. The first kappa shape index (κ1) is 23.1. The van der Waals surface area contributed by atoms with Crippen molar-refractivity contribution >= 4 is 44.7 Å². The van der Waals surface area contributed by atoms with Crippen LogP contribution >= 0.6 is 11.3 Å². The van der Waals surface area contributed by atoms with Gasteiger partial charge in [0.25, 0.3) is 0 Å². The fourth-order valence-corrected chi connectivity index (χ4v) is 5.40. The number of fused-ring (bicyclic) bond motifs is 1. The van der Waals surface area contributed by atoms with Crippen molar-refractivity contribution in [2.45, 2.75) is 26.2 Å². The van der Waals surface area contributed by atoms with Gasteiger partial charge >= 0.3 is 5.97 Å². The molecule has 0 saturated heterocycles. The highest BCUT2D eigenvalue weighted by Crippen LogP contribution is 2.46. The molecule has 1 heterocycles. The Morgan fingerprint density at radius 2 is 1.83 bits per heavy atom. The lowest BCUT2D eigenvalue weighted by atomic mass is 9.72. The van der Waals surface area contributed by atoms with Crippen LogP contribution in [0.3, 0.4) is 0 Å². The molecule has 0 aliphatic heterocycles. The lowest BCUT2D eigenvalue weighted by molar-refractivity contribution is -0.131. The van der Waals surface area contributed by atoms with Gasteiger partial charge in [-0.15, -0.1) is 11.3 Å². The zero-order valence-electron chi connectivity index (χ0n) is 19.8. The summed E-state index contributed by atoms with van der Waals surface area (Å²) in [5.41, 5.74) is 11.0. The van der Waals surface area contributed by atoms with Gasteiger partial charge in [-0.25, -0.2) is 9.78 Å². The van der Waals surface area contributed by atoms with Crippen molar-refractivity contribution in [2.75, 3.05) is 7.11 Å². The summed E-state index contributed by atoms with van der Waals surface area (Å²) in [5, 5.41) is 8.98. The van der Waals surface area contributed by atoms with E-state index in [1.165, 1.54) is 52.3 Å². The van der Waals surface area contributed by atoms with E-state index in [9.17, 15) is 4.79 Å². The number of thiazole rings is 1. The van der Waals surface area contributed by atoms with Crippen LogP contribution in [-0.4, -0.2) is 23.2 Å². The summed E-state index contributed by atoms with van der Waals surface area (Å²) in [6.45, 7) is 2.15. The fraction of sp³-hybridized carbons (Fsp3) is 0.200. The number of carboxylic acids is 1. The Labute approximate surface area is 209 Å². The predicted molar refractivity (Wildman–Crippen MR) is 144 cm³/mol. The molecular weight excluding hydrogens is 454 g/mol. The van der Waals surface area contributed by atoms with Crippen LogP contribution in [0.25, 0.3) is 27.4 Å². The minimum absolute atomic E-state index is 0.481. The minimum Gasteiger partial charge on any atom is -0.497 e. The second-order valence-corrected chi connectivity index (χ2v) is 9.81. The number of aromatic nitrogens is 1. The van der Waals surface area contributed by atoms with Crippen LogP contribution in [-0.2, 0) is 4.79 Å². The second kappa shape index (κ2) is 9.88. The standard InChI is InChI=1S/C30H27NO3S/c1-19-16-24(34-2)12-13-25(19)30(21-4-3-5-21)29(23-11-14-27-26(17-23)31-18-35-27)22-9-6-20(7-10-22)8-15-28(32)33/h6-18,21H,3-5H2,1-2H3,(H,32,33)/b15-8+,30-29+. The molecular formula is C30H27NO3S. The van der Waals surface area contributed by atoms with Crippen LogP contribution in [0.1, 0.15) is 47.1 Å². The quantitative estimate of drug-likeness (QED) is 0.220. The first-order valence-corrected chi connectivity index (χ1v) is 12.7. The smallest absolute Gasteiger partial charge is 0.328 e. The predicted octanol–water partition coefficient (Wildman–Crippen LogP) is 7.47. The van der Waals surface area contributed by atoms with Crippen LogP contribution in [0.5, 0.6) is 5.75 Å². The van der Waals surface area contributed by atoms with E-state index in [0.29, 0.717) is 5.92 Å². The topological polar surface area (TPSA) is 59.4 Å². The summed E-state index contributed by atoms with van der Waals surface area (Å²) in [4.78, 5) is 15.5. The number of aryl methyl sites for hydroxylation is 1. The van der Waals surface area contributed by atoms with Crippen molar-refractivity contribution in [3.05, 3.63) is 100 Å². The Morgan fingerprint density at radius 3 is 2.49 bits per heavy atom. The number of hydrogen-bond donors (Lipinski definition) is 1. The van der Waals surface area contributed by atoms with Crippen molar-refractivity contribution < 1.29 is 14.6 Å². The molecule has 0 amide bonds. The maximum atomic E-state index is 10.9. The number of ether oxygens (including phenoxy) is 1. The van der Waals surface area contributed by atoms with E-state index in [4.69, 9.17) is 9.84 Å². The Morgan fingerprint density at radius 1 is 1.06 bits per heavy atom. The van der Waals surface area contributed by atoms with E-state index in [2.05, 4.69) is 54.4 Å². The molecule has 35 heavy (non-hydrogen) atoms. The van der Waals surface area contributed by atoms with Gasteiger partial charge in [-0.05, 0) is 95.0 Å². The molecule has 4 nitrogen and oxygen atoms in total. The molecule has 1 aliphatic carbocycles. The van der Waals surface area contributed by atoms with E-state index in [1.54, 1.807) is 24.5 Å². The fourth-order valence-electron chi connectivity index (χ4n) is 4.74. The molecule has 0 spiro atoms. The summed E-state index contributed by atoms with van der Waals surface area (Å²) < 4.78 is 6.66. The number of aliphatic carboxylic acids is 1. The molecule has 1 saturated carbocycles. The van der Waals surface area contributed by atoms with E-state index >= 15 is 0 Å². The molecule has 1 N–H and O–H groups in total. The summed E-state index contributed by atoms with van der Waals surface area (Å²) in [7, 11) is 1.70. The van der Waals surface area contributed by atoms with Gasteiger partial charge in [0.15, 0.2) is 0 Å². The number of carbonyl (C=O) groups is 1. The summed E-state index contributed by atoms with van der Waals surface area (Å²) in [6.07, 6.45) is 6.37. The number of rotatable bonds is 7. The lowest BCUT2D eigenvalue weighted by Crippen LogP contribution is -2.16. The molecule has 1 aliphatic rings. The number of benzene rings is 3. The molecule has 0 atom stereocenters. The third-order valence-electron chi connectivity index (χ3n) is 6.74. The third kappa shape index (κ3) is 4.77. The maximum absolute atomic E-state index is 10.9. The molecule has 5 heteroatoms. The van der Waals surface area contributed by atoms with Crippen molar-refractivity contribution in [3.8, 4) is 5.75 Å². The molecule has 4 aromatic rings. The SMILES string of the molecule is COc1ccc(/C(=C(\c2ccc(/C=C/C(=O)O)cc2)c2ccc3scnc3c2)C2CCC2)c(C)c1. The van der Waals surface area contributed by atoms with Gasteiger partial charge in [-0.1, -0.05) is 42.8 Å². The van der Waals surface area contributed by atoms with Gasteiger partial charge in [0, 0.05) is 6.08 Å². The molecule has 0 unspecified atom stereocenters. The van der Waals surface area contributed by atoms with E-state index in [-0.39, 0.29) is 0 Å². The largest absolute Gasteiger partial charge is 0.497 e. The number of carboxylic acid groups (broad SMARTS) is 1. The van der Waals surface area contributed by atoms with Gasteiger partial charge in [-0.2, -0.15) is 0 Å². The summed E-state index contributed by atoms with van der Waals surface area (Å²) >= 11 is 1.65. The highest BCUT2D eigenvalue weighted by molar-refractivity contribution is 7.16. The Bertz CT molecular complexity index is 1440. The van der Waals surface area contributed by atoms with Crippen molar-refractivity contribution in [2.24, 2.45) is 5.92 Å². The average Bonchev–Trinajstić information content (AvgIpc) is 3.30. The zero-order valence-corrected chi connectivity index (χ0v) is 20.6. The van der Waals surface area contributed by atoms with E-state index < -0.39 is 5.97 Å². The molecule has 3 aromatic carbocycles. The normalized spacial score (nSPS) is 14.7.